The van der Waals surface area contributed by atoms with Crippen LogP contribution in [0.3, 0.4) is 0 Å². The minimum Gasteiger partial charge on any atom is -0.349 e. The molecule has 1 saturated heterocycles. The Kier molecular flexibility index (Phi) is 5.38. The van der Waals surface area contributed by atoms with Crippen molar-refractivity contribution in [2.45, 2.75) is 25.8 Å². The second-order valence-corrected chi connectivity index (χ2v) is 5.59. The predicted octanol–water partition coefficient (Wildman–Crippen LogP) is 1.13. The Bertz CT molecular complexity index is 563. The van der Waals surface area contributed by atoms with Gasteiger partial charge in [0.1, 0.15) is 0 Å². The first-order valence-electron chi connectivity index (χ1n) is 7.39. The minimum absolute atomic E-state index is 0.0136. The SMILES string of the molecule is Cc1ccc(C(=O)NC2CCN(C)CC2)cc1C#CCN. The van der Waals surface area contributed by atoms with Crippen molar-refractivity contribution in [3.8, 4) is 11.8 Å². The summed E-state index contributed by atoms with van der Waals surface area (Å²) in [6.07, 6.45) is 2.02. The van der Waals surface area contributed by atoms with Crippen molar-refractivity contribution in [3.63, 3.8) is 0 Å². The molecule has 1 aliphatic heterocycles. The standard InChI is InChI=1S/C17H23N3O/c1-13-5-6-15(12-14(13)4-3-9-18)17(21)19-16-7-10-20(2)11-8-16/h5-6,12,16H,7-11,18H2,1-2H3,(H,19,21). The second kappa shape index (κ2) is 7.26. The van der Waals surface area contributed by atoms with Crippen LogP contribution >= 0.6 is 0 Å². The molecule has 21 heavy (non-hydrogen) atoms. The lowest BCUT2D eigenvalue weighted by molar-refractivity contribution is 0.0917. The van der Waals surface area contributed by atoms with Crippen LogP contribution < -0.4 is 11.1 Å². The summed E-state index contributed by atoms with van der Waals surface area (Å²) in [6.45, 7) is 4.38. The van der Waals surface area contributed by atoms with Crippen LogP contribution in [0.1, 0.15) is 34.3 Å². The molecule has 1 fully saturated rings. The molecule has 1 aliphatic rings. The average molecular weight is 285 g/mol. The van der Waals surface area contributed by atoms with E-state index in [0.717, 1.165) is 37.1 Å². The highest BCUT2D eigenvalue weighted by atomic mass is 16.1. The van der Waals surface area contributed by atoms with Gasteiger partial charge in [-0.3, -0.25) is 4.79 Å². The van der Waals surface area contributed by atoms with Crippen molar-refractivity contribution in [2.24, 2.45) is 5.73 Å². The largest absolute Gasteiger partial charge is 0.349 e. The van der Waals surface area contributed by atoms with Crippen molar-refractivity contribution in [1.82, 2.24) is 10.2 Å². The molecule has 1 aromatic carbocycles. The van der Waals surface area contributed by atoms with Crippen molar-refractivity contribution in [1.29, 1.82) is 0 Å². The molecule has 0 aromatic heterocycles. The number of carbonyl (C=O) groups excluding carboxylic acids is 1. The number of aryl methyl sites for hydroxylation is 1. The number of likely N-dealkylation sites (tertiary alicyclic amines) is 1. The summed E-state index contributed by atoms with van der Waals surface area (Å²) in [5, 5.41) is 3.12. The molecule has 2 rings (SSSR count). The summed E-state index contributed by atoms with van der Waals surface area (Å²) < 4.78 is 0. The van der Waals surface area contributed by atoms with Crippen LogP contribution in [0.2, 0.25) is 0 Å². The fourth-order valence-electron chi connectivity index (χ4n) is 2.47. The van der Waals surface area contributed by atoms with Gasteiger partial charge in [-0.05, 0) is 57.6 Å². The van der Waals surface area contributed by atoms with Crippen molar-refractivity contribution in [3.05, 3.63) is 34.9 Å². The van der Waals surface area contributed by atoms with Crippen molar-refractivity contribution in [2.75, 3.05) is 26.7 Å². The maximum Gasteiger partial charge on any atom is 0.251 e. The van der Waals surface area contributed by atoms with Gasteiger partial charge in [0, 0.05) is 17.2 Å². The fraction of sp³-hybridized carbons (Fsp3) is 0.471. The van der Waals surface area contributed by atoms with Gasteiger partial charge >= 0.3 is 0 Å². The Labute approximate surface area is 126 Å². The molecule has 112 valence electrons. The number of rotatable bonds is 2. The number of hydrogen-bond donors (Lipinski definition) is 2. The van der Waals surface area contributed by atoms with E-state index < -0.39 is 0 Å². The third-order valence-electron chi connectivity index (χ3n) is 3.88. The molecular weight excluding hydrogens is 262 g/mol. The first-order valence-corrected chi connectivity index (χ1v) is 7.39. The first kappa shape index (κ1) is 15.6. The van der Waals surface area contributed by atoms with Gasteiger partial charge in [0.2, 0.25) is 0 Å². The maximum absolute atomic E-state index is 12.3. The van der Waals surface area contributed by atoms with Gasteiger partial charge in [0.15, 0.2) is 0 Å². The van der Waals surface area contributed by atoms with Crippen LogP contribution in [-0.2, 0) is 0 Å². The summed E-state index contributed by atoms with van der Waals surface area (Å²) in [5.41, 5.74) is 8.00. The Morgan fingerprint density at radius 1 is 1.43 bits per heavy atom. The van der Waals surface area contributed by atoms with E-state index in [1.165, 1.54) is 0 Å². The van der Waals surface area contributed by atoms with E-state index in [4.69, 9.17) is 5.73 Å². The van der Waals surface area contributed by atoms with Crippen LogP contribution in [0.25, 0.3) is 0 Å². The quantitative estimate of drug-likeness (QED) is 0.801. The number of nitrogens with one attached hydrogen (secondary N) is 1. The van der Waals surface area contributed by atoms with E-state index in [1.807, 2.05) is 25.1 Å². The van der Waals surface area contributed by atoms with Crippen LogP contribution in [0, 0.1) is 18.8 Å². The summed E-state index contributed by atoms with van der Waals surface area (Å²) in [4.78, 5) is 14.6. The smallest absolute Gasteiger partial charge is 0.251 e. The number of nitrogens with zero attached hydrogens (tertiary/aromatic N) is 1. The normalized spacial score (nSPS) is 16.1. The van der Waals surface area contributed by atoms with Crippen molar-refractivity contribution < 1.29 is 4.79 Å². The first-order chi connectivity index (χ1) is 10.1. The molecule has 1 heterocycles. The van der Waals surface area contributed by atoms with Gasteiger partial charge in [0.25, 0.3) is 5.91 Å². The second-order valence-electron chi connectivity index (χ2n) is 5.59. The Morgan fingerprint density at radius 3 is 2.81 bits per heavy atom. The van der Waals surface area contributed by atoms with Gasteiger partial charge in [-0.2, -0.15) is 0 Å². The molecular formula is C17H23N3O. The highest BCUT2D eigenvalue weighted by Crippen LogP contribution is 2.13. The third-order valence-corrected chi connectivity index (χ3v) is 3.88. The van der Waals surface area contributed by atoms with E-state index in [1.54, 1.807) is 0 Å². The lowest BCUT2D eigenvalue weighted by atomic mass is 10.0. The molecule has 0 unspecified atom stereocenters. The highest BCUT2D eigenvalue weighted by molar-refractivity contribution is 5.94. The highest BCUT2D eigenvalue weighted by Gasteiger charge is 2.19. The number of piperidine rings is 1. The van der Waals surface area contributed by atoms with E-state index in [-0.39, 0.29) is 11.9 Å². The molecule has 0 atom stereocenters. The van der Waals surface area contributed by atoms with E-state index in [0.29, 0.717) is 12.1 Å². The molecule has 0 aliphatic carbocycles. The van der Waals surface area contributed by atoms with Crippen LogP contribution in [-0.4, -0.2) is 43.5 Å². The average Bonchev–Trinajstić information content (AvgIpc) is 2.48. The third kappa shape index (κ3) is 4.32. The fourth-order valence-corrected chi connectivity index (χ4v) is 2.47. The van der Waals surface area contributed by atoms with Crippen LogP contribution in [0.5, 0.6) is 0 Å². The zero-order chi connectivity index (χ0) is 15.2. The number of benzene rings is 1. The molecule has 1 amide bonds. The summed E-state index contributed by atoms with van der Waals surface area (Å²) in [7, 11) is 2.11. The molecule has 0 saturated carbocycles. The molecule has 3 N–H and O–H groups in total. The maximum atomic E-state index is 12.3. The molecule has 0 bridgehead atoms. The zero-order valence-electron chi connectivity index (χ0n) is 12.8. The lowest BCUT2D eigenvalue weighted by Gasteiger charge is -2.29. The Morgan fingerprint density at radius 2 is 2.14 bits per heavy atom. The number of hydrogen-bond acceptors (Lipinski definition) is 3. The van der Waals surface area contributed by atoms with Crippen molar-refractivity contribution >= 4 is 5.91 Å². The predicted molar refractivity (Wildman–Crippen MR) is 85.1 cm³/mol. The molecule has 0 spiro atoms. The molecule has 0 radical (unpaired) electrons. The van der Waals surface area contributed by atoms with E-state index in [2.05, 4.69) is 29.1 Å². The van der Waals surface area contributed by atoms with E-state index in [9.17, 15) is 4.79 Å². The van der Waals surface area contributed by atoms with Gasteiger partial charge in [-0.15, -0.1) is 0 Å². The van der Waals surface area contributed by atoms with Crippen LogP contribution in [0.4, 0.5) is 0 Å². The van der Waals surface area contributed by atoms with E-state index >= 15 is 0 Å². The summed E-state index contributed by atoms with van der Waals surface area (Å²) in [5.74, 6) is 5.84. The van der Waals surface area contributed by atoms with Crippen LogP contribution in [0.15, 0.2) is 18.2 Å². The topological polar surface area (TPSA) is 58.4 Å². The van der Waals surface area contributed by atoms with Gasteiger partial charge < -0.3 is 16.0 Å². The summed E-state index contributed by atoms with van der Waals surface area (Å²) in [6, 6.07) is 5.91. The van der Waals surface area contributed by atoms with Gasteiger partial charge in [-0.1, -0.05) is 17.9 Å². The molecule has 1 aromatic rings. The number of carbonyl (C=O) groups is 1. The lowest BCUT2D eigenvalue weighted by Crippen LogP contribution is -2.43. The minimum atomic E-state index is -0.0136. The van der Waals surface area contributed by atoms with Gasteiger partial charge in [0.05, 0.1) is 6.54 Å². The zero-order valence-corrected chi connectivity index (χ0v) is 12.8. The Hall–Kier alpha value is -1.83. The molecule has 4 heteroatoms. The monoisotopic (exact) mass is 285 g/mol. The number of nitrogens with two attached hydrogens (primary N) is 1. The summed E-state index contributed by atoms with van der Waals surface area (Å²) >= 11 is 0. The van der Waals surface area contributed by atoms with Gasteiger partial charge in [-0.25, -0.2) is 0 Å². The Balaban J connectivity index is 2.05. The number of amides is 1. The molecule has 4 nitrogen and oxygen atoms in total.